The molecule has 0 spiro atoms. The van der Waals surface area contributed by atoms with Gasteiger partial charge >= 0.3 is 0 Å². The monoisotopic (exact) mass is 506 g/mol. The minimum atomic E-state index is -0.589. The van der Waals surface area contributed by atoms with E-state index in [9.17, 15) is 4.79 Å². The molecule has 1 aliphatic heterocycles. The van der Waals surface area contributed by atoms with Crippen molar-refractivity contribution in [2.45, 2.75) is 47.1 Å². The van der Waals surface area contributed by atoms with Crippen LogP contribution in [0.1, 0.15) is 52.6 Å². The Kier molecular flexibility index (Phi) is 8.27. The number of carbonyl (C=O) groups excluding carboxylic acids is 1. The largest absolute Gasteiger partial charge is 0.492 e. The summed E-state index contributed by atoms with van der Waals surface area (Å²) in [7, 11) is 0. The Morgan fingerprint density at radius 1 is 1.05 bits per heavy atom. The van der Waals surface area contributed by atoms with E-state index in [2.05, 4.69) is 40.0 Å². The molecule has 2 N–H and O–H groups in total. The van der Waals surface area contributed by atoms with Crippen LogP contribution >= 0.6 is 0 Å². The van der Waals surface area contributed by atoms with Gasteiger partial charge in [-0.25, -0.2) is 0 Å². The number of hydrogen-bond acceptors (Lipinski definition) is 8. The van der Waals surface area contributed by atoms with Gasteiger partial charge in [-0.3, -0.25) is 4.79 Å². The van der Waals surface area contributed by atoms with Crippen LogP contribution in [0, 0.1) is 5.92 Å². The first-order valence-electron chi connectivity index (χ1n) is 12.6. The summed E-state index contributed by atoms with van der Waals surface area (Å²) in [6, 6.07) is 12.4. The quantitative estimate of drug-likeness (QED) is 0.381. The van der Waals surface area contributed by atoms with E-state index in [1.807, 2.05) is 63.2 Å². The zero-order valence-electron chi connectivity index (χ0n) is 21.9. The van der Waals surface area contributed by atoms with Crippen molar-refractivity contribution in [2.75, 3.05) is 30.5 Å². The molecule has 1 aromatic heterocycles. The molecular weight excluding hydrogens is 472 g/mol. The number of ether oxygens (including phenoxy) is 3. The van der Waals surface area contributed by atoms with Gasteiger partial charge in [0.15, 0.2) is 11.5 Å². The molecule has 0 saturated carbocycles. The van der Waals surface area contributed by atoms with Crippen LogP contribution in [0.2, 0.25) is 0 Å². The first kappa shape index (κ1) is 26.0. The summed E-state index contributed by atoms with van der Waals surface area (Å²) in [6.07, 6.45) is 0.909. The molecule has 4 rings (SSSR count). The average molecular weight is 507 g/mol. The van der Waals surface area contributed by atoms with Gasteiger partial charge in [-0.05, 0) is 73.4 Å². The number of nitrogens with one attached hydrogen (secondary N) is 2. The van der Waals surface area contributed by atoms with Crippen molar-refractivity contribution in [3.05, 3.63) is 59.3 Å². The van der Waals surface area contributed by atoms with Crippen LogP contribution in [-0.4, -0.2) is 45.9 Å². The summed E-state index contributed by atoms with van der Waals surface area (Å²) in [5, 5.41) is 18.3. The van der Waals surface area contributed by atoms with Crippen molar-refractivity contribution in [1.82, 2.24) is 20.2 Å². The van der Waals surface area contributed by atoms with E-state index >= 15 is 0 Å². The molecule has 1 atom stereocenters. The first-order chi connectivity index (χ1) is 17.9. The van der Waals surface area contributed by atoms with Crippen LogP contribution < -0.4 is 24.8 Å². The smallest absolute Gasteiger partial charge is 0.255 e. The fourth-order valence-corrected chi connectivity index (χ4v) is 4.14. The molecule has 10 heteroatoms. The maximum absolute atomic E-state index is 13.7. The Balaban J connectivity index is 1.72. The van der Waals surface area contributed by atoms with Crippen LogP contribution in [0.25, 0.3) is 0 Å². The second-order valence-electron chi connectivity index (χ2n) is 9.07. The van der Waals surface area contributed by atoms with E-state index < -0.39 is 6.04 Å². The molecule has 196 valence electrons. The van der Waals surface area contributed by atoms with Gasteiger partial charge in [-0.2, -0.15) is 4.68 Å². The lowest BCUT2D eigenvalue weighted by molar-refractivity contribution is -0.113. The molecule has 37 heavy (non-hydrogen) atoms. The number of carbonyl (C=O) groups is 1. The highest BCUT2D eigenvalue weighted by atomic mass is 16.5. The van der Waals surface area contributed by atoms with Crippen LogP contribution in [0.4, 0.5) is 11.6 Å². The van der Waals surface area contributed by atoms with Gasteiger partial charge in [-0.15, -0.1) is 0 Å². The maximum Gasteiger partial charge on any atom is 0.255 e. The first-order valence-corrected chi connectivity index (χ1v) is 12.6. The summed E-state index contributed by atoms with van der Waals surface area (Å²) in [4.78, 5) is 13.7. The third-order valence-electron chi connectivity index (χ3n) is 5.93. The highest BCUT2D eigenvalue weighted by Gasteiger charge is 2.35. The predicted octanol–water partition coefficient (Wildman–Crippen LogP) is 4.82. The minimum absolute atomic E-state index is 0.292. The Hall–Kier alpha value is -4.08. The third-order valence-corrected chi connectivity index (χ3v) is 5.93. The second kappa shape index (κ2) is 11.8. The van der Waals surface area contributed by atoms with Crippen LogP contribution in [0.15, 0.2) is 53.7 Å². The van der Waals surface area contributed by atoms with E-state index in [-0.39, 0.29) is 5.91 Å². The number of benzene rings is 2. The molecule has 2 aromatic carbocycles. The summed E-state index contributed by atoms with van der Waals surface area (Å²) in [6.45, 7) is 11.5. The van der Waals surface area contributed by atoms with Gasteiger partial charge in [-0.1, -0.05) is 37.1 Å². The van der Waals surface area contributed by atoms with Crippen molar-refractivity contribution in [3.8, 4) is 17.2 Å². The average Bonchev–Trinajstić information content (AvgIpc) is 3.33. The number of rotatable bonds is 11. The fraction of sp³-hybridized carbons (Fsp3) is 0.407. The van der Waals surface area contributed by atoms with Gasteiger partial charge in [0.05, 0.1) is 31.1 Å². The molecule has 0 saturated heterocycles. The standard InChI is InChI=1S/C27H34N6O4/c1-6-35-21-11-9-8-10-20(21)29-26(34)24-18(5)28-27-30-31-32-33(27)25(24)19-12-13-22(36-7-2)23(16-19)37-15-14-17(3)4/h8-13,16-17,25H,6-7,14-15H2,1-5H3,(H,29,34)(H,28,30,32). The van der Waals surface area contributed by atoms with Crippen molar-refractivity contribution < 1.29 is 19.0 Å². The molecule has 1 unspecified atom stereocenters. The van der Waals surface area contributed by atoms with Gasteiger partial charge < -0.3 is 24.8 Å². The zero-order valence-corrected chi connectivity index (χ0v) is 21.9. The van der Waals surface area contributed by atoms with E-state index in [1.165, 1.54) is 0 Å². The van der Waals surface area contributed by atoms with Crippen LogP contribution in [0.5, 0.6) is 17.2 Å². The molecule has 2 heterocycles. The number of tetrazole rings is 1. The summed E-state index contributed by atoms with van der Waals surface area (Å²) >= 11 is 0. The molecule has 1 aliphatic rings. The number of para-hydroxylation sites is 2. The van der Waals surface area contributed by atoms with Gasteiger partial charge in [0.2, 0.25) is 5.95 Å². The fourth-order valence-electron chi connectivity index (χ4n) is 4.14. The lowest BCUT2D eigenvalue weighted by Gasteiger charge is -2.28. The SMILES string of the molecule is CCOc1ccccc1NC(=O)C1=C(C)Nc2nnnn2C1c1ccc(OCC)c(OCCC(C)C)c1. The Labute approximate surface area is 217 Å². The maximum atomic E-state index is 13.7. The second-order valence-corrected chi connectivity index (χ2v) is 9.07. The Bertz CT molecular complexity index is 1270. The van der Waals surface area contributed by atoms with Crippen LogP contribution in [-0.2, 0) is 4.79 Å². The number of hydrogen-bond donors (Lipinski definition) is 2. The van der Waals surface area contributed by atoms with E-state index in [1.54, 1.807) is 4.68 Å². The molecule has 3 aromatic rings. The van der Waals surface area contributed by atoms with Gasteiger partial charge in [0, 0.05) is 5.70 Å². The minimum Gasteiger partial charge on any atom is -0.492 e. The van der Waals surface area contributed by atoms with E-state index in [0.717, 1.165) is 12.0 Å². The van der Waals surface area contributed by atoms with E-state index in [0.29, 0.717) is 65.9 Å². The van der Waals surface area contributed by atoms with Gasteiger partial charge in [0.1, 0.15) is 11.8 Å². The lowest BCUT2D eigenvalue weighted by Crippen LogP contribution is -2.31. The highest BCUT2D eigenvalue weighted by molar-refractivity contribution is 6.06. The third kappa shape index (κ3) is 5.84. The lowest BCUT2D eigenvalue weighted by atomic mass is 9.94. The highest BCUT2D eigenvalue weighted by Crippen LogP contribution is 2.39. The topological polar surface area (TPSA) is 112 Å². The molecule has 1 amide bonds. The normalized spacial score (nSPS) is 14.7. The van der Waals surface area contributed by atoms with Crippen molar-refractivity contribution >= 4 is 17.5 Å². The molecule has 10 nitrogen and oxygen atoms in total. The predicted molar refractivity (Wildman–Crippen MR) is 141 cm³/mol. The number of allylic oxidation sites excluding steroid dienone is 1. The number of aromatic nitrogens is 4. The number of amides is 1. The Morgan fingerprint density at radius 3 is 2.57 bits per heavy atom. The summed E-state index contributed by atoms with van der Waals surface area (Å²) in [5.41, 5.74) is 2.50. The molecule has 0 bridgehead atoms. The molecule has 0 radical (unpaired) electrons. The number of fused-ring (bicyclic) bond motifs is 1. The van der Waals surface area contributed by atoms with Crippen molar-refractivity contribution in [2.24, 2.45) is 5.92 Å². The summed E-state index contributed by atoms with van der Waals surface area (Å²) < 4.78 is 19.2. The molecular formula is C27H34N6O4. The Morgan fingerprint density at radius 2 is 1.81 bits per heavy atom. The number of nitrogens with zero attached hydrogens (tertiary/aromatic N) is 4. The zero-order chi connectivity index (χ0) is 26.4. The molecule has 0 fully saturated rings. The van der Waals surface area contributed by atoms with Crippen molar-refractivity contribution in [1.29, 1.82) is 0 Å². The summed E-state index contributed by atoms with van der Waals surface area (Å²) in [5.74, 6) is 2.53. The van der Waals surface area contributed by atoms with Crippen LogP contribution in [0.3, 0.4) is 0 Å². The molecule has 0 aliphatic carbocycles. The van der Waals surface area contributed by atoms with Crippen molar-refractivity contribution in [3.63, 3.8) is 0 Å². The van der Waals surface area contributed by atoms with Gasteiger partial charge in [0.25, 0.3) is 5.91 Å². The van der Waals surface area contributed by atoms with E-state index in [4.69, 9.17) is 14.2 Å². The number of anilines is 2.